The van der Waals surface area contributed by atoms with Gasteiger partial charge in [-0.1, -0.05) is 47.1 Å². The summed E-state index contributed by atoms with van der Waals surface area (Å²) in [5.41, 5.74) is 0.862. The van der Waals surface area contributed by atoms with Gasteiger partial charge in [0.15, 0.2) is 12.4 Å². The van der Waals surface area contributed by atoms with E-state index >= 15 is 0 Å². The number of aryl methyl sites for hydroxylation is 1. The van der Waals surface area contributed by atoms with E-state index in [1.807, 2.05) is 0 Å². The molecule has 1 N–H and O–H groups in total. The Balaban J connectivity index is 1.72. The van der Waals surface area contributed by atoms with Crippen LogP contribution in [0.2, 0.25) is 5.02 Å². The summed E-state index contributed by atoms with van der Waals surface area (Å²) in [6.07, 6.45) is 0. The number of nitrogens with one attached hydrogen (secondary N) is 1. The molecule has 0 saturated carbocycles. The number of anilines is 1. The van der Waals surface area contributed by atoms with Crippen molar-refractivity contribution in [3.05, 3.63) is 81.4 Å². The highest BCUT2D eigenvalue weighted by atomic mass is 35.5. The second-order valence-corrected chi connectivity index (χ2v) is 7.52. The Morgan fingerprint density at radius 3 is 2.47 bits per heavy atom. The van der Waals surface area contributed by atoms with Gasteiger partial charge in [-0.3, -0.25) is 9.59 Å². The largest absolute Gasteiger partial charge is 0.451 e. The Morgan fingerprint density at radius 2 is 1.81 bits per heavy atom. The predicted octanol–water partition coefficient (Wildman–Crippen LogP) is 3.95. The van der Waals surface area contributed by atoms with Crippen molar-refractivity contribution in [1.29, 1.82) is 0 Å². The quantitative estimate of drug-likeness (QED) is 0.461. The van der Waals surface area contributed by atoms with Crippen LogP contribution < -0.4 is 10.9 Å². The lowest BCUT2D eigenvalue weighted by Crippen LogP contribution is -2.28. The maximum atomic E-state index is 13.1. The molecule has 9 heteroatoms. The molecular weight excluding hydrogens is 434 g/mol. The lowest BCUT2D eigenvalue weighted by Gasteiger charge is -2.16. The Hall–Kier alpha value is -3.91. The highest BCUT2D eigenvalue weighted by molar-refractivity contribution is 6.30. The Morgan fingerprint density at radius 1 is 1.12 bits per heavy atom. The van der Waals surface area contributed by atoms with Gasteiger partial charge in [0.25, 0.3) is 11.5 Å². The van der Waals surface area contributed by atoms with Crippen LogP contribution in [0.5, 0.6) is 0 Å². The van der Waals surface area contributed by atoms with E-state index in [1.54, 1.807) is 55.5 Å². The first-order valence-electron chi connectivity index (χ1n) is 9.63. The van der Waals surface area contributed by atoms with Crippen molar-refractivity contribution < 1.29 is 18.8 Å². The van der Waals surface area contributed by atoms with Crippen LogP contribution in [0, 0.1) is 6.92 Å². The normalized spacial score (nSPS) is 10.8. The fourth-order valence-electron chi connectivity index (χ4n) is 3.42. The molecule has 2 aromatic heterocycles. The maximum Gasteiger partial charge on any atom is 0.356 e. The van der Waals surface area contributed by atoms with Crippen LogP contribution in [0.3, 0.4) is 0 Å². The number of benzene rings is 2. The van der Waals surface area contributed by atoms with E-state index in [4.69, 9.17) is 20.9 Å². The van der Waals surface area contributed by atoms with Crippen LogP contribution in [0.15, 0.2) is 63.9 Å². The standard InChI is InChI=1S/C23H18ClN3O5/c1-13-11-18(26-32-13)25-19(28)12-31-23(30)21-20(14-7-9-15(24)10-8-14)16-5-3-4-6-17(16)22(29)27(21)2/h3-11H,12H2,1-2H3,(H,25,26,28). The van der Waals surface area contributed by atoms with Crippen LogP contribution >= 0.6 is 11.6 Å². The second-order valence-electron chi connectivity index (χ2n) is 7.09. The van der Waals surface area contributed by atoms with Crippen molar-refractivity contribution in [2.24, 2.45) is 7.05 Å². The zero-order chi connectivity index (χ0) is 22.8. The Bertz CT molecular complexity index is 1390. The smallest absolute Gasteiger partial charge is 0.356 e. The number of fused-ring (bicyclic) bond motifs is 1. The van der Waals surface area contributed by atoms with E-state index < -0.39 is 18.5 Å². The van der Waals surface area contributed by atoms with E-state index in [0.29, 0.717) is 32.7 Å². The molecule has 0 fully saturated rings. The van der Waals surface area contributed by atoms with Crippen molar-refractivity contribution >= 4 is 40.1 Å². The highest BCUT2D eigenvalue weighted by Gasteiger charge is 2.23. The molecule has 0 radical (unpaired) electrons. The van der Waals surface area contributed by atoms with Gasteiger partial charge in [-0.15, -0.1) is 0 Å². The number of halogens is 1. The average Bonchev–Trinajstić information content (AvgIpc) is 3.19. The Kier molecular flexibility index (Phi) is 5.79. The molecule has 0 saturated heterocycles. The summed E-state index contributed by atoms with van der Waals surface area (Å²) in [4.78, 5) is 38.1. The molecule has 1 amide bonds. The number of hydrogen-bond donors (Lipinski definition) is 1. The van der Waals surface area contributed by atoms with Crippen molar-refractivity contribution in [3.63, 3.8) is 0 Å². The minimum absolute atomic E-state index is 0.0288. The molecule has 0 aliphatic carbocycles. The molecule has 4 aromatic rings. The number of carbonyl (C=O) groups excluding carboxylic acids is 2. The summed E-state index contributed by atoms with van der Waals surface area (Å²) in [5, 5.41) is 7.71. The molecule has 0 bridgehead atoms. The molecule has 0 spiro atoms. The molecule has 2 aromatic carbocycles. The van der Waals surface area contributed by atoms with E-state index in [1.165, 1.54) is 17.7 Å². The van der Waals surface area contributed by atoms with Gasteiger partial charge in [0.2, 0.25) is 0 Å². The molecule has 0 aliphatic heterocycles. The maximum absolute atomic E-state index is 13.1. The Labute approximate surface area is 187 Å². The molecule has 4 rings (SSSR count). The number of aromatic nitrogens is 2. The number of esters is 1. The summed E-state index contributed by atoms with van der Waals surface area (Å²) in [7, 11) is 1.49. The predicted molar refractivity (Wildman–Crippen MR) is 120 cm³/mol. The van der Waals surface area contributed by atoms with Crippen LogP contribution in [0.1, 0.15) is 16.2 Å². The van der Waals surface area contributed by atoms with Gasteiger partial charge in [0.05, 0.1) is 0 Å². The third kappa shape index (κ3) is 4.13. The number of ether oxygens (including phenoxy) is 1. The van der Waals surface area contributed by atoms with Gasteiger partial charge < -0.3 is 19.1 Å². The first-order valence-corrected chi connectivity index (χ1v) is 10.0. The lowest BCUT2D eigenvalue weighted by molar-refractivity contribution is -0.119. The first kappa shape index (κ1) is 21.3. The van der Waals surface area contributed by atoms with Gasteiger partial charge in [0, 0.05) is 29.1 Å². The molecule has 2 heterocycles. The van der Waals surface area contributed by atoms with Crippen molar-refractivity contribution in [2.45, 2.75) is 6.92 Å². The fraction of sp³-hybridized carbons (Fsp3) is 0.130. The first-order chi connectivity index (χ1) is 15.3. The molecule has 0 atom stereocenters. The fourth-order valence-corrected chi connectivity index (χ4v) is 3.54. The molecule has 162 valence electrons. The van der Waals surface area contributed by atoms with E-state index in [9.17, 15) is 14.4 Å². The van der Waals surface area contributed by atoms with Crippen LogP contribution in [0.25, 0.3) is 21.9 Å². The van der Waals surface area contributed by atoms with Crippen LogP contribution in [-0.2, 0) is 16.6 Å². The van der Waals surface area contributed by atoms with Crippen molar-refractivity contribution in [3.8, 4) is 11.1 Å². The lowest BCUT2D eigenvalue weighted by atomic mass is 9.97. The summed E-state index contributed by atoms with van der Waals surface area (Å²) in [6.45, 7) is 1.12. The van der Waals surface area contributed by atoms with Crippen molar-refractivity contribution in [2.75, 3.05) is 11.9 Å². The van der Waals surface area contributed by atoms with E-state index in [-0.39, 0.29) is 17.1 Å². The third-order valence-corrected chi connectivity index (χ3v) is 5.11. The van der Waals surface area contributed by atoms with Crippen LogP contribution in [-0.4, -0.2) is 28.2 Å². The van der Waals surface area contributed by atoms with Crippen LogP contribution in [0.4, 0.5) is 5.82 Å². The van der Waals surface area contributed by atoms with Gasteiger partial charge >= 0.3 is 5.97 Å². The zero-order valence-electron chi connectivity index (χ0n) is 17.2. The molecule has 8 nitrogen and oxygen atoms in total. The van der Waals surface area contributed by atoms with Gasteiger partial charge in [0.1, 0.15) is 11.5 Å². The number of nitrogens with zero attached hydrogens (tertiary/aromatic N) is 2. The van der Waals surface area contributed by atoms with E-state index in [2.05, 4.69) is 10.5 Å². The zero-order valence-corrected chi connectivity index (χ0v) is 18.0. The topological polar surface area (TPSA) is 103 Å². The summed E-state index contributed by atoms with van der Waals surface area (Å²) < 4.78 is 11.4. The third-order valence-electron chi connectivity index (χ3n) is 4.86. The number of hydrogen-bond acceptors (Lipinski definition) is 6. The summed E-state index contributed by atoms with van der Waals surface area (Å²) in [5.74, 6) is -0.670. The number of pyridine rings is 1. The number of carbonyl (C=O) groups is 2. The van der Waals surface area contributed by atoms with Gasteiger partial charge in [-0.25, -0.2) is 4.79 Å². The van der Waals surface area contributed by atoms with Gasteiger partial charge in [-0.2, -0.15) is 0 Å². The minimum Gasteiger partial charge on any atom is -0.451 e. The minimum atomic E-state index is -0.813. The van der Waals surface area contributed by atoms with E-state index in [0.717, 1.165) is 0 Å². The summed E-state index contributed by atoms with van der Waals surface area (Å²) >= 11 is 6.03. The van der Waals surface area contributed by atoms with Crippen molar-refractivity contribution in [1.82, 2.24) is 9.72 Å². The molecular formula is C23H18ClN3O5. The number of rotatable bonds is 5. The highest BCUT2D eigenvalue weighted by Crippen LogP contribution is 2.31. The molecule has 0 unspecified atom stereocenters. The average molecular weight is 452 g/mol. The van der Waals surface area contributed by atoms with Gasteiger partial charge in [-0.05, 0) is 36.1 Å². The molecule has 32 heavy (non-hydrogen) atoms. The second kappa shape index (κ2) is 8.68. The monoisotopic (exact) mass is 451 g/mol. The SMILES string of the molecule is Cc1cc(NC(=O)COC(=O)c2c(-c3ccc(Cl)cc3)c3ccccc3c(=O)n2C)no1. The molecule has 0 aliphatic rings. The number of amides is 1. The summed E-state index contributed by atoms with van der Waals surface area (Å²) in [6, 6.07) is 15.4.